The standard InChI is InChI=1S/C20H15ClN4O6S/c1-29-16-10-17(30-2)24-20(23-16)32-15-5-3-4-14(21)18(15)19(26)31-22-11-12-6-8-13(9-7-12)25(27)28/h3-11H,1-2H3/b22-11+. The third-order valence-corrected chi connectivity index (χ3v) is 5.14. The highest BCUT2D eigenvalue weighted by atomic mass is 35.5. The number of carbonyl (C=O) groups excluding carboxylic acids is 1. The Morgan fingerprint density at radius 3 is 2.38 bits per heavy atom. The SMILES string of the molecule is COc1cc(OC)nc(Sc2cccc(Cl)c2C(=O)O/N=C/c2ccc([N+](=O)[O-])cc2)n1. The molecule has 0 aliphatic rings. The van der Waals surface area contributed by atoms with Crippen molar-refractivity contribution in [1.29, 1.82) is 0 Å². The maximum atomic E-state index is 12.6. The number of ether oxygens (including phenoxy) is 2. The number of carbonyl (C=O) groups is 1. The normalized spacial score (nSPS) is 10.7. The van der Waals surface area contributed by atoms with Gasteiger partial charge in [0.1, 0.15) is 0 Å². The third-order valence-electron chi connectivity index (χ3n) is 3.90. The van der Waals surface area contributed by atoms with E-state index in [9.17, 15) is 14.9 Å². The van der Waals surface area contributed by atoms with E-state index in [0.717, 1.165) is 11.8 Å². The Hall–Kier alpha value is -3.70. The molecule has 2 aromatic carbocycles. The van der Waals surface area contributed by atoms with E-state index >= 15 is 0 Å². The zero-order chi connectivity index (χ0) is 23.1. The second kappa shape index (κ2) is 10.6. The summed E-state index contributed by atoms with van der Waals surface area (Å²) in [6.45, 7) is 0. The molecule has 10 nitrogen and oxygen atoms in total. The highest BCUT2D eigenvalue weighted by Gasteiger charge is 2.20. The van der Waals surface area contributed by atoms with E-state index in [1.54, 1.807) is 12.1 Å². The first kappa shape index (κ1) is 23.0. The Morgan fingerprint density at radius 2 is 1.78 bits per heavy atom. The van der Waals surface area contributed by atoms with E-state index in [0.29, 0.717) is 22.2 Å². The summed E-state index contributed by atoms with van der Waals surface area (Å²) in [6, 6.07) is 11.9. The molecule has 32 heavy (non-hydrogen) atoms. The summed E-state index contributed by atoms with van der Waals surface area (Å²) in [6.07, 6.45) is 1.25. The number of hydrogen-bond acceptors (Lipinski definition) is 10. The second-order valence-corrected chi connectivity index (χ2v) is 7.33. The Morgan fingerprint density at radius 1 is 1.12 bits per heavy atom. The Kier molecular flexibility index (Phi) is 7.58. The zero-order valence-electron chi connectivity index (χ0n) is 16.7. The van der Waals surface area contributed by atoms with Crippen LogP contribution >= 0.6 is 23.4 Å². The molecule has 1 aromatic heterocycles. The smallest absolute Gasteiger partial charge is 0.368 e. The number of halogens is 1. The van der Waals surface area contributed by atoms with Gasteiger partial charge < -0.3 is 14.3 Å². The van der Waals surface area contributed by atoms with Crippen LogP contribution in [0.25, 0.3) is 0 Å². The van der Waals surface area contributed by atoms with Gasteiger partial charge in [0.05, 0.1) is 42.0 Å². The van der Waals surface area contributed by atoms with E-state index < -0.39 is 10.9 Å². The maximum absolute atomic E-state index is 12.6. The van der Waals surface area contributed by atoms with Gasteiger partial charge >= 0.3 is 5.97 Å². The molecule has 0 bridgehead atoms. The van der Waals surface area contributed by atoms with Crippen LogP contribution in [0.4, 0.5) is 5.69 Å². The summed E-state index contributed by atoms with van der Waals surface area (Å²) < 4.78 is 10.3. The monoisotopic (exact) mass is 474 g/mol. The van der Waals surface area contributed by atoms with Crippen LogP contribution in [0.3, 0.4) is 0 Å². The van der Waals surface area contributed by atoms with Crippen molar-refractivity contribution in [2.24, 2.45) is 5.16 Å². The molecule has 0 unspecified atom stereocenters. The molecule has 0 atom stereocenters. The van der Waals surface area contributed by atoms with E-state index in [2.05, 4.69) is 15.1 Å². The topological polar surface area (TPSA) is 126 Å². The molecule has 0 amide bonds. The summed E-state index contributed by atoms with van der Waals surface area (Å²) in [5, 5.41) is 14.8. The number of rotatable bonds is 8. The molecule has 1 heterocycles. The molecular weight excluding hydrogens is 460 g/mol. The second-order valence-electron chi connectivity index (χ2n) is 5.91. The Labute approximate surface area is 191 Å². The lowest BCUT2D eigenvalue weighted by Crippen LogP contribution is -2.05. The molecule has 0 aliphatic heterocycles. The van der Waals surface area contributed by atoms with Crippen molar-refractivity contribution in [2.75, 3.05) is 14.2 Å². The first-order valence-corrected chi connectivity index (χ1v) is 10.0. The lowest BCUT2D eigenvalue weighted by atomic mass is 10.2. The van der Waals surface area contributed by atoms with Crippen molar-refractivity contribution >= 4 is 41.2 Å². The van der Waals surface area contributed by atoms with E-state index in [1.807, 2.05) is 0 Å². The average molecular weight is 475 g/mol. The number of non-ortho nitro benzene ring substituents is 1. The van der Waals surface area contributed by atoms with Gasteiger partial charge in [0.2, 0.25) is 11.8 Å². The zero-order valence-corrected chi connectivity index (χ0v) is 18.3. The van der Waals surface area contributed by atoms with Crippen LogP contribution in [0, 0.1) is 10.1 Å². The molecular formula is C20H15ClN4O6S. The van der Waals surface area contributed by atoms with Crippen molar-refractivity contribution in [1.82, 2.24) is 9.97 Å². The van der Waals surface area contributed by atoms with Crippen LogP contribution in [-0.4, -0.2) is 41.3 Å². The number of benzene rings is 2. The predicted molar refractivity (Wildman–Crippen MR) is 117 cm³/mol. The number of nitrogens with zero attached hydrogens (tertiary/aromatic N) is 4. The molecule has 3 rings (SSSR count). The van der Waals surface area contributed by atoms with Crippen LogP contribution in [0.2, 0.25) is 5.02 Å². The Bertz CT molecular complexity index is 1150. The highest BCUT2D eigenvalue weighted by Crippen LogP contribution is 2.34. The van der Waals surface area contributed by atoms with Crippen LogP contribution in [0.15, 0.2) is 63.7 Å². The van der Waals surface area contributed by atoms with Crippen molar-refractivity contribution in [3.05, 3.63) is 74.8 Å². The lowest BCUT2D eigenvalue weighted by Gasteiger charge is -2.09. The summed E-state index contributed by atoms with van der Waals surface area (Å²) in [5.41, 5.74) is 0.521. The molecule has 0 fully saturated rings. The quantitative estimate of drug-likeness (QED) is 0.153. The van der Waals surface area contributed by atoms with Crippen molar-refractivity contribution in [3.63, 3.8) is 0 Å². The van der Waals surface area contributed by atoms with Crippen LogP contribution in [0.1, 0.15) is 15.9 Å². The summed E-state index contributed by atoms with van der Waals surface area (Å²) >= 11 is 7.30. The third kappa shape index (κ3) is 5.71. The first-order valence-electron chi connectivity index (χ1n) is 8.84. The molecule has 164 valence electrons. The van der Waals surface area contributed by atoms with Crippen molar-refractivity contribution in [3.8, 4) is 11.8 Å². The van der Waals surface area contributed by atoms with Gasteiger partial charge in [-0.2, -0.15) is 9.97 Å². The van der Waals surface area contributed by atoms with Crippen molar-refractivity contribution in [2.45, 2.75) is 10.1 Å². The summed E-state index contributed by atoms with van der Waals surface area (Å²) in [7, 11) is 2.92. The number of aromatic nitrogens is 2. The fourth-order valence-corrected chi connectivity index (χ4v) is 3.60. The molecule has 0 spiro atoms. The van der Waals surface area contributed by atoms with Crippen LogP contribution in [-0.2, 0) is 4.84 Å². The fourth-order valence-electron chi connectivity index (χ4n) is 2.39. The summed E-state index contributed by atoms with van der Waals surface area (Å²) in [4.78, 5) is 36.7. The van der Waals surface area contributed by atoms with Gasteiger partial charge in [-0.3, -0.25) is 10.1 Å². The van der Waals surface area contributed by atoms with Gasteiger partial charge in [-0.15, -0.1) is 0 Å². The van der Waals surface area contributed by atoms with Gasteiger partial charge in [-0.05, 0) is 41.6 Å². The average Bonchev–Trinajstić information content (AvgIpc) is 2.79. The van der Waals surface area contributed by atoms with E-state index in [-0.39, 0.29) is 21.4 Å². The number of hydrogen-bond donors (Lipinski definition) is 0. The van der Waals surface area contributed by atoms with Gasteiger partial charge in [0.15, 0.2) is 5.16 Å². The number of oxime groups is 1. The van der Waals surface area contributed by atoms with E-state index in [1.165, 1.54) is 56.8 Å². The lowest BCUT2D eigenvalue weighted by molar-refractivity contribution is -0.384. The largest absolute Gasteiger partial charge is 0.481 e. The molecule has 0 aliphatic carbocycles. The van der Waals surface area contributed by atoms with Crippen LogP contribution in [0.5, 0.6) is 11.8 Å². The fraction of sp³-hybridized carbons (Fsp3) is 0.100. The number of nitro benzene ring substituents is 1. The number of methoxy groups -OCH3 is 2. The first-order chi connectivity index (χ1) is 15.4. The number of nitro groups is 1. The van der Waals surface area contributed by atoms with Crippen molar-refractivity contribution < 1.29 is 24.0 Å². The Balaban J connectivity index is 1.79. The van der Waals surface area contributed by atoms with Gasteiger partial charge in [0.25, 0.3) is 5.69 Å². The van der Waals surface area contributed by atoms with Gasteiger partial charge in [-0.1, -0.05) is 22.8 Å². The highest BCUT2D eigenvalue weighted by molar-refractivity contribution is 7.99. The maximum Gasteiger partial charge on any atom is 0.368 e. The molecule has 0 radical (unpaired) electrons. The van der Waals surface area contributed by atoms with Crippen LogP contribution < -0.4 is 9.47 Å². The predicted octanol–water partition coefficient (Wildman–Crippen LogP) is 4.40. The van der Waals surface area contributed by atoms with Gasteiger partial charge in [-0.25, -0.2) is 4.79 Å². The molecule has 3 aromatic rings. The minimum Gasteiger partial charge on any atom is -0.481 e. The van der Waals surface area contributed by atoms with Gasteiger partial charge in [0, 0.05) is 17.0 Å². The molecule has 12 heteroatoms. The van der Waals surface area contributed by atoms with E-state index in [4.69, 9.17) is 25.9 Å². The molecule has 0 saturated carbocycles. The minimum atomic E-state index is -0.800. The molecule has 0 saturated heterocycles. The minimum absolute atomic E-state index is 0.0618. The summed E-state index contributed by atoms with van der Waals surface area (Å²) in [5.74, 6) is -0.220. The molecule has 0 N–H and O–H groups in total.